The van der Waals surface area contributed by atoms with Crippen molar-refractivity contribution >= 4 is 17.5 Å². The SMILES string of the molecule is CCN(C(=O)CCNC(=O)c1ccco1)c1ccc(C)cc1C. The highest BCUT2D eigenvalue weighted by Crippen LogP contribution is 2.21. The fraction of sp³-hybridized carbons (Fsp3) is 0.333. The number of benzene rings is 1. The zero-order chi connectivity index (χ0) is 16.8. The highest BCUT2D eigenvalue weighted by atomic mass is 16.3. The lowest BCUT2D eigenvalue weighted by Crippen LogP contribution is -2.34. The average molecular weight is 314 g/mol. The molecule has 5 nitrogen and oxygen atoms in total. The Bertz CT molecular complexity index is 678. The first-order valence-corrected chi connectivity index (χ1v) is 7.72. The van der Waals surface area contributed by atoms with Crippen molar-refractivity contribution in [2.45, 2.75) is 27.2 Å². The predicted molar refractivity (Wildman–Crippen MR) is 89.6 cm³/mol. The first-order chi connectivity index (χ1) is 11.0. The van der Waals surface area contributed by atoms with E-state index in [-0.39, 0.29) is 30.5 Å². The predicted octanol–water partition coefficient (Wildman–Crippen LogP) is 3.07. The van der Waals surface area contributed by atoms with Crippen molar-refractivity contribution < 1.29 is 14.0 Å². The Hall–Kier alpha value is -2.56. The second kappa shape index (κ2) is 7.63. The highest BCUT2D eigenvalue weighted by molar-refractivity contribution is 5.95. The topological polar surface area (TPSA) is 62.6 Å². The maximum absolute atomic E-state index is 12.4. The van der Waals surface area contributed by atoms with E-state index in [1.165, 1.54) is 11.8 Å². The van der Waals surface area contributed by atoms with Gasteiger partial charge in [-0.25, -0.2) is 0 Å². The van der Waals surface area contributed by atoms with Gasteiger partial charge in [0.2, 0.25) is 5.91 Å². The minimum atomic E-state index is -0.308. The van der Waals surface area contributed by atoms with Gasteiger partial charge in [-0.2, -0.15) is 0 Å². The van der Waals surface area contributed by atoms with Gasteiger partial charge in [-0.05, 0) is 44.5 Å². The molecule has 1 aromatic carbocycles. The summed E-state index contributed by atoms with van der Waals surface area (Å²) in [5.41, 5.74) is 3.15. The monoisotopic (exact) mass is 314 g/mol. The minimum absolute atomic E-state index is 0.0146. The van der Waals surface area contributed by atoms with E-state index in [0.717, 1.165) is 11.3 Å². The summed E-state index contributed by atoms with van der Waals surface area (Å²) in [6.45, 7) is 6.84. The molecule has 0 fully saturated rings. The third-order valence-electron chi connectivity index (χ3n) is 3.63. The molecule has 0 aliphatic heterocycles. The van der Waals surface area contributed by atoms with Crippen LogP contribution in [0.5, 0.6) is 0 Å². The molecular formula is C18H22N2O3. The molecule has 2 aromatic rings. The van der Waals surface area contributed by atoms with E-state index >= 15 is 0 Å². The van der Waals surface area contributed by atoms with Crippen molar-refractivity contribution in [2.75, 3.05) is 18.0 Å². The molecule has 5 heteroatoms. The molecule has 0 aliphatic carbocycles. The zero-order valence-electron chi connectivity index (χ0n) is 13.8. The van der Waals surface area contributed by atoms with Crippen LogP contribution >= 0.6 is 0 Å². The summed E-state index contributed by atoms with van der Waals surface area (Å²) in [5.74, 6) is -0.0734. The molecule has 2 rings (SSSR count). The van der Waals surface area contributed by atoms with Gasteiger partial charge in [-0.15, -0.1) is 0 Å². The molecule has 23 heavy (non-hydrogen) atoms. The van der Waals surface area contributed by atoms with Crippen molar-refractivity contribution in [3.63, 3.8) is 0 Å². The van der Waals surface area contributed by atoms with Crippen LogP contribution in [-0.2, 0) is 4.79 Å². The minimum Gasteiger partial charge on any atom is -0.459 e. The molecule has 0 saturated heterocycles. The number of rotatable bonds is 6. The summed E-state index contributed by atoms with van der Waals surface area (Å²) >= 11 is 0. The first kappa shape index (κ1) is 16.8. The number of furan rings is 1. The van der Waals surface area contributed by atoms with Gasteiger partial charge < -0.3 is 14.6 Å². The van der Waals surface area contributed by atoms with Gasteiger partial charge in [0, 0.05) is 25.2 Å². The lowest BCUT2D eigenvalue weighted by atomic mass is 10.1. The number of anilines is 1. The maximum atomic E-state index is 12.4. The average Bonchev–Trinajstić information content (AvgIpc) is 3.04. The van der Waals surface area contributed by atoms with Crippen molar-refractivity contribution in [1.29, 1.82) is 0 Å². The second-order valence-corrected chi connectivity index (χ2v) is 5.41. The van der Waals surface area contributed by atoms with Gasteiger partial charge in [0.15, 0.2) is 5.76 Å². The molecule has 0 unspecified atom stereocenters. The van der Waals surface area contributed by atoms with E-state index in [4.69, 9.17) is 4.42 Å². The van der Waals surface area contributed by atoms with Gasteiger partial charge in [0.25, 0.3) is 5.91 Å². The molecular weight excluding hydrogens is 292 g/mol. The normalized spacial score (nSPS) is 10.4. The molecule has 0 saturated carbocycles. The van der Waals surface area contributed by atoms with Gasteiger partial charge in [-0.1, -0.05) is 17.7 Å². The van der Waals surface area contributed by atoms with E-state index < -0.39 is 0 Å². The number of amides is 2. The lowest BCUT2D eigenvalue weighted by Gasteiger charge is -2.23. The molecule has 0 bridgehead atoms. The molecule has 0 atom stereocenters. The Balaban J connectivity index is 1.94. The summed E-state index contributed by atoms with van der Waals surface area (Å²) in [6, 6.07) is 9.26. The first-order valence-electron chi connectivity index (χ1n) is 7.72. The lowest BCUT2D eigenvalue weighted by molar-refractivity contribution is -0.118. The van der Waals surface area contributed by atoms with Crippen LogP contribution in [0.25, 0.3) is 0 Å². The van der Waals surface area contributed by atoms with E-state index in [2.05, 4.69) is 11.4 Å². The quantitative estimate of drug-likeness (QED) is 0.891. The number of carbonyl (C=O) groups is 2. The molecule has 1 aromatic heterocycles. The summed E-state index contributed by atoms with van der Waals surface area (Å²) in [6.07, 6.45) is 1.69. The Labute approximate surface area is 136 Å². The van der Waals surface area contributed by atoms with E-state index in [1.54, 1.807) is 17.0 Å². The summed E-state index contributed by atoms with van der Waals surface area (Å²) < 4.78 is 5.01. The summed E-state index contributed by atoms with van der Waals surface area (Å²) in [7, 11) is 0. The number of nitrogens with zero attached hydrogens (tertiary/aromatic N) is 1. The van der Waals surface area contributed by atoms with Crippen LogP contribution in [0.3, 0.4) is 0 Å². The fourth-order valence-corrected chi connectivity index (χ4v) is 2.50. The molecule has 1 heterocycles. The molecule has 122 valence electrons. The van der Waals surface area contributed by atoms with Crippen LogP contribution in [0.2, 0.25) is 0 Å². The number of aryl methyl sites for hydroxylation is 2. The Morgan fingerprint density at radius 3 is 2.61 bits per heavy atom. The molecule has 0 aliphatic rings. The van der Waals surface area contributed by atoms with E-state index in [9.17, 15) is 9.59 Å². The molecule has 0 radical (unpaired) electrons. The summed E-state index contributed by atoms with van der Waals surface area (Å²) in [5, 5.41) is 2.69. The number of hydrogen-bond donors (Lipinski definition) is 1. The number of hydrogen-bond acceptors (Lipinski definition) is 3. The van der Waals surface area contributed by atoms with Crippen LogP contribution in [0, 0.1) is 13.8 Å². The fourth-order valence-electron chi connectivity index (χ4n) is 2.50. The molecule has 0 spiro atoms. The molecule has 2 amide bonds. The van der Waals surface area contributed by atoms with Gasteiger partial charge in [-0.3, -0.25) is 9.59 Å². The van der Waals surface area contributed by atoms with E-state index in [0.29, 0.717) is 6.54 Å². The Kier molecular flexibility index (Phi) is 5.57. The van der Waals surface area contributed by atoms with Crippen LogP contribution < -0.4 is 10.2 Å². The number of carbonyl (C=O) groups excluding carboxylic acids is 2. The van der Waals surface area contributed by atoms with Gasteiger partial charge in [0.1, 0.15) is 0 Å². The standard InChI is InChI=1S/C18H22N2O3/c1-4-20(15-8-7-13(2)12-14(15)3)17(21)9-10-19-18(22)16-6-5-11-23-16/h5-8,11-12H,4,9-10H2,1-3H3,(H,19,22). The van der Waals surface area contributed by atoms with Crippen molar-refractivity contribution in [3.05, 3.63) is 53.5 Å². The third-order valence-corrected chi connectivity index (χ3v) is 3.63. The van der Waals surface area contributed by atoms with Crippen molar-refractivity contribution in [3.8, 4) is 0 Å². The van der Waals surface area contributed by atoms with Gasteiger partial charge in [0.05, 0.1) is 6.26 Å². The summed E-state index contributed by atoms with van der Waals surface area (Å²) in [4.78, 5) is 25.9. The van der Waals surface area contributed by atoms with Crippen LogP contribution in [0.1, 0.15) is 35.0 Å². The van der Waals surface area contributed by atoms with Crippen LogP contribution in [-0.4, -0.2) is 24.9 Å². The van der Waals surface area contributed by atoms with E-state index in [1.807, 2.05) is 32.9 Å². The van der Waals surface area contributed by atoms with Gasteiger partial charge >= 0.3 is 0 Å². The zero-order valence-corrected chi connectivity index (χ0v) is 13.8. The van der Waals surface area contributed by atoms with Crippen molar-refractivity contribution in [1.82, 2.24) is 5.32 Å². The second-order valence-electron chi connectivity index (χ2n) is 5.41. The third kappa shape index (κ3) is 4.22. The molecule has 1 N–H and O–H groups in total. The Morgan fingerprint density at radius 2 is 2.00 bits per heavy atom. The number of nitrogens with one attached hydrogen (secondary N) is 1. The van der Waals surface area contributed by atoms with Crippen LogP contribution in [0.15, 0.2) is 41.0 Å². The van der Waals surface area contributed by atoms with Crippen molar-refractivity contribution in [2.24, 2.45) is 0 Å². The highest BCUT2D eigenvalue weighted by Gasteiger charge is 2.16. The van der Waals surface area contributed by atoms with Crippen LogP contribution in [0.4, 0.5) is 5.69 Å². The Morgan fingerprint density at radius 1 is 1.22 bits per heavy atom. The smallest absolute Gasteiger partial charge is 0.286 e. The maximum Gasteiger partial charge on any atom is 0.286 e. The largest absolute Gasteiger partial charge is 0.459 e.